The number of carbonyl (C=O) groups excluding carboxylic acids is 2. The molecule has 9 heteroatoms. The lowest BCUT2D eigenvalue weighted by atomic mass is 9.72. The SMILES string of the molecule is COCCCn1cnnc1CNC(=O)[C@H]1[C@@H]2CNC[C@@H](C2)[C@@H]2CCCC(=O)N21. The molecule has 0 spiro atoms. The Balaban J connectivity index is 1.43. The first-order chi connectivity index (χ1) is 13.7. The van der Waals surface area contributed by atoms with E-state index in [-0.39, 0.29) is 29.8 Å². The molecule has 9 nitrogen and oxygen atoms in total. The maximum absolute atomic E-state index is 13.2. The van der Waals surface area contributed by atoms with Crippen LogP contribution in [0, 0.1) is 11.8 Å². The maximum atomic E-state index is 13.2. The van der Waals surface area contributed by atoms with Crippen molar-refractivity contribution in [2.45, 2.75) is 57.3 Å². The minimum absolute atomic E-state index is 0.0705. The molecule has 0 radical (unpaired) electrons. The van der Waals surface area contributed by atoms with E-state index in [0.717, 1.165) is 51.1 Å². The largest absolute Gasteiger partial charge is 0.385 e. The van der Waals surface area contributed by atoms with Crippen LogP contribution in [0.3, 0.4) is 0 Å². The average molecular weight is 390 g/mol. The number of aromatic nitrogens is 3. The van der Waals surface area contributed by atoms with Gasteiger partial charge in [0.1, 0.15) is 12.4 Å². The van der Waals surface area contributed by atoms with Crippen molar-refractivity contribution in [2.75, 3.05) is 26.8 Å². The number of ether oxygens (including phenoxy) is 1. The number of rotatable bonds is 7. The molecule has 2 amide bonds. The first kappa shape index (κ1) is 19.3. The number of hydrogen-bond donors (Lipinski definition) is 2. The summed E-state index contributed by atoms with van der Waals surface area (Å²) in [7, 11) is 1.68. The first-order valence-electron chi connectivity index (χ1n) is 10.3. The van der Waals surface area contributed by atoms with E-state index in [0.29, 0.717) is 25.5 Å². The molecule has 4 rings (SSSR count). The minimum Gasteiger partial charge on any atom is -0.385 e. The Labute approximate surface area is 165 Å². The highest BCUT2D eigenvalue weighted by molar-refractivity contribution is 5.89. The lowest BCUT2D eigenvalue weighted by Crippen LogP contribution is -2.67. The Morgan fingerprint density at radius 3 is 3.11 bits per heavy atom. The summed E-state index contributed by atoms with van der Waals surface area (Å²) in [5, 5.41) is 14.6. The third-order valence-corrected chi connectivity index (χ3v) is 6.38. The normalized spacial score (nSPS) is 29.5. The topological polar surface area (TPSA) is 101 Å². The van der Waals surface area contributed by atoms with Crippen LogP contribution in [0.2, 0.25) is 0 Å². The Morgan fingerprint density at radius 1 is 1.39 bits per heavy atom. The fourth-order valence-electron chi connectivity index (χ4n) is 5.10. The van der Waals surface area contributed by atoms with E-state index in [2.05, 4.69) is 20.8 Å². The molecule has 3 fully saturated rings. The van der Waals surface area contributed by atoms with E-state index < -0.39 is 0 Å². The van der Waals surface area contributed by atoms with Gasteiger partial charge >= 0.3 is 0 Å². The summed E-state index contributed by atoms with van der Waals surface area (Å²) in [5.74, 6) is 1.43. The molecule has 2 bridgehead atoms. The zero-order chi connectivity index (χ0) is 19.5. The number of nitrogens with zero attached hydrogens (tertiary/aromatic N) is 4. The van der Waals surface area contributed by atoms with Gasteiger partial charge in [0.25, 0.3) is 0 Å². The van der Waals surface area contributed by atoms with E-state index in [9.17, 15) is 9.59 Å². The molecule has 4 atom stereocenters. The van der Waals surface area contributed by atoms with E-state index in [1.54, 1.807) is 13.4 Å². The highest BCUT2D eigenvalue weighted by atomic mass is 16.5. The predicted molar refractivity (Wildman–Crippen MR) is 101 cm³/mol. The molecule has 0 aromatic carbocycles. The van der Waals surface area contributed by atoms with Crippen molar-refractivity contribution in [1.29, 1.82) is 0 Å². The Morgan fingerprint density at radius 2 is 2.25 bits per heavy atom. The number of amides is 2. The lowest BCUT2D eigenvalue weighted by Gasteiger charge is -2.53. The molecule has 0 saturated carbocycles. The first-order valence-corrected chi connectivity index (χ1v) is 10.3. The van der Waals surface area contributed by atoms with Crippen molar-refractivity contribution >= 4 is 11.8 Å². The van der Waals surface area contributed by atoms with Crippen molar-refractivity contribution in [1.82, 2.24) is 30.3 Å². The van der Waals surface area contributed by atoms with Gasteiger partial charge in [0, 0.05) is 45.2 Å². The monoisotopic (exact) mass is 390 g/mol. The number of hydrogen-bond acceptors (Lipinski definition) is 6. The molecule has 3 saturated heterocycles. The van der Waals surface area contributed by atoms with Crippen molar-refractivity contribution in [3.05, 3.63) is 12.2 Å². The zero-order valence-electron chi connectivity index (χ0n) is 16.5. The van der Waals surface area contributed by atoms with Gasteiger partial charge in [-0.15, -0.1) is 10.2 Å². The van der Waals surface area contributed by atoms with Gasteiger partial charge in [-0.25, -0.2) is 0 Å². The second-order valence-electron chi connectivity index (χ2n) is 8.12. The molecule has 3 aliphatic rings. The summed E-state index contributed by atoms with van der Waals surface area (Å²) >= 11 is 0. The summed E-state index contributed by atoms with van der Waals surface area (Å²) in [5.41, 5.74) is 0. The van der Waals surface area contributed by atoms with Gasteiger partial charge in [0.2, 0.25) is 11.8 Å². The Kier molecular flexibility index (Phi) is 5.91. The highest BCUT2D eigenvalue weighted by Gasteiger charge is 2.50. The minimum atomic E-state index is -0.383. The van der Waals surface area contributed by atoms with Crippen LogP contribution in [0.5, 0.6) is 0 Å². The molecule has 1 aromatic rings. The molecule has 1 aromatic heterocycles. The Hall–Kier alpha value is -2.00. The smallest absolute Gasteiger partial charge is 0.243 e. The quantitative estimate of drug-likeness (QED) is 0.632. The van der Waals surface area contributed by atoms with Crippen molar-refractivity contribution in [2.24, 2.45) is 11.8 Å². The summed E-state index contributed by atoms with van der Waals surface area (Å²) < 4.78 is 7.03. The van der Waals surface area contributed by atoms with Crippen LogP contribution < -0.4 is 10.6 Å². The zero-order valence-corrected chi connectivity index (χ0v) is 16.5. The van der Waals surface area contributed by atoms with Crippen molar-refractivity contribution in [3.63, 3.8) is 0 Å². The van der Waals surface area contributed by atoms with Crippen LogP contribution in [0.15, 0.2) is 6.33 Å². The van der Waals surface area contributed by atoms with E-state index in [1.807, 2.05) is 9.47 Å². The summed E-state index contributed by atoms with van der Waals surface area (Å²) in [6.45, 7) is 3.47. The van der Waals surface area contributed by atoms with Crippen LogP contribution in [-0.4, -0.2) is 70.4 Å². The fourth-order valence-corrected chi connectivity index (χ4v) is 5.10. The number of piperidine rings is 3. The average Bonchev–Trinajstić information content (AvgIpc) is 3.15. The molecule has 0 aliphatic carbocycles. The maximum Gasteiger partial charge on any atom is 0.243 e. The summed E-state index contributed by atoms with van der Waals surface area (Å²) in [6, 6.07) is -0.189. The number of aryl methyl sites for hydroxylation is 1. The lowest BCUT2D eigenvalue weighted by molar-refractivity contribution is -0.157. The second-order valence-corrected chi connectivity index (χ2v) is 8.12. The molecule has 0 unspecified atom stereocenters. The fraction of sp³-hybridized carbons (Fsp3) is 0.789. The molecular weight excluding hydrogens is 360 g/mol. The van der Waals surface area contributed by atoms with E-state index in [1.165, 1.54) is 0 Å². The summed E-state index contributed by atoms with van der Waals surface area (Å²) in [4.78, 5) is 27.8. The molecular formula is C19H30N6O3. The second kappa shape index (κ2) is 8.57. The highest BCUT2D eigenvalue weighted by Crippen LogP contribution is 2.39. The van der Waals surface area contributed by atoms with Crippen LogP contribution in [0.1, 0.15) is 37.9 Å². The third kappa shape index (κ3) is 3.77. The van der Waals surface area contributed by atoms with Crippen LogP contribution in [-0.2, 0) is 27.4 Å². The van der Waals surface area contributed by atoms with Crippen molar-refractivity contribution in [3.8, 4) is 0 Å². The standard InChI is InChI=1S/C19H30N6O3/c1-28-7-3-6-24-12-22-23-16(24)11-21-19(27)18-14-8-13(9-20-10-14)15-4-2-5-17(26)25(15)18/h12-15,18,20H,2-11H2,1H3,(H,21,27)/t13-,14+,15+,18-/m1/s1. The number of fused-ring (bicyclic) bond motifs is 4. The van der Waals surface area contributed by atoms with Crippen LogP contribution in [0.25, 0.3) is 0 Å². The number of nitrogens with one attached hydrogen (secondary N) is 2. The van der Waals surface area contributed by atoms with Crippen molar-refractivity contribution < 1.29 is 14.3 Å². The van der Waals surface area contributed by atoms with Gasteiger partial charge < -0.3 is 24.8 Å². The van der Waals surface area contributed by atoms with E-state index in [4.69, 9.17) is 4.74 Å². The van der Waals surface area contributed by atoms with Gasteiger partial charge in [0.15, 0.2) is 5.82 Å². The van der Waals surface area contributed by atoms with E-state index >= 15 is 0 Å². The van der Waals surface area contributed by atoms with Crippen LogP contribution >= 0.6 is 0 Å². The molecule has 154 valence electrons. The van der Waals surface area contributed by atoms with Crippen LogP contribution in [0.4, 0.5) is 0 Å². The third-order valence-electron chi connectivity index (χ3n) is 6.38. The van der Waals surface area contributed by atoms with Gasteiger partial charge in [-0.05, 0) is 38.1 Å². The molecule has 3 aliphatic heterocycles. The number of carbonyl (C=O) groups is 2. The molecule has 2 N–H and O–H groups in total. The van der Waals surface area contributed by atoms with Gasteiger partial charge in [-0.2, -0.15) is 0 Å². The number of methoxy groups -OCH3 is 1. The molecule has 28 heavy (non-hydrogen) atoms. The Bertz CT molecular complexity index is 708. The summed E-state index contributed by atoms with van der Waals surface area (Å²) in [6.07, 6.45) is 6.05. The van der Waals surface area contributed by atoms with Gasteiger partial charge in [0.05, 0.1) is 6.54 Å². The van der Waals surface area contributed by atoms with Gasteiger partial charge in [-0.1, -0.05) is 0 Å². The predicted octanol–water partition coefficient (Wildman–Crippen LogP) is -0.0802. The molecule has 4 heterocycles. The van der Waals surface area contributed by atoms with Gasteiger partial charge in [-0.3, -0.25) is 9.59 Å².